The third-order valence-corrected chi connectivity index (χ3v) is 13.8. The van der Waals surface area contributed by atoms with Gasteiger partial charge in [0.1, 0.15) is 0 Å². The monoisotopic (exact) mass is 444 g/mol. The molecule has 0 heterocycles. The molecule has 5 fully saturated rings. The first-order valence-corrected chi connectivity index (χ1v) is 14.2. The van der Waals surface area contributed by atoms with Gasteiger partial charge in [0.05, 0.1) is 0 Å². The molecule has 0 aromatic carbocycles. The van der Waals surface area contributed by atoms with Crippen LogP contribution < -0.4 is 0 Å². The van der Waals surface area contributed by atoms with E-state index in [0.717, 1.165) is 42.4 Å². The summed E-state index contributed by atoms with van der Waals surface area (Å²) in [6, 6.07) is 0. The highest BCUT2D eigenvalue weighted by Gasteiger charge is 2.70. The lowest BCUT2D eigenvalue weighted by Gasteiger charge is -2.72. The minimum atomic E-state index is -1.18. The van der Waals surface area contributed by atoms with Gasteiger partial charge in [-0.1, -0.05) is 54.9 Å². The molecule has 0 spiro atoms. The van der Waals surface area contributed by atoms with Crippen LogP contribution in [0.2, 0.25) is 0 Å². The van der Waals surface area contributed by atoms with Crippen molar-refractivity contribution in [1.29, 1.82) is 0 Å². The van der Waals surface area contributed by atoms with E-state index in [-0.39, 0.29) is 10.8 Å². The molecule has 0 aromatic heterocycles. The molecule has 5 aliphatic rings. The van der Waals surface area contributed by atoms with Crippen LogP contribution in [0.4, 0.5) is 0 Å². The van der Waals surface area contributed by atoms with E-state index in [9.17, 15) is 10.2 Å². The zero-order chi connectivity index (χ0) is 23.3. The van der Waals surface area contributed by atoms with Gasteiger partial charge in [0.25, 0.3) is 0 Å². The maximum Gasteiger partial charge on any atom is 0.157 e. The quantitative estimate of drug-likeness (QED) is 0.435. The summed E-state index contributed by atoms with van der Waals surface area (Å²) >= 11 is 0. The lowest BCUT2D eigenvalue weighted by atomic mass is 9.32. The summed E-state index contributed by atoms with van der Waals surface area (Å²) in [6.45, 7) is 17.8. The Kier molecular flexibility index (Phi) is 5.34. The highest BCUT2D eigenvalue weighted by atomic mass is 16.5. The third kappa shape index (κ3) is 2.78. The van der Waals surface area contributed by atoms with Crippen LogP contribution in [0.1, 0.15) is 119 Å². The highest BCUT2D eigenvalue weighted by molar-refractivity contribution is 5.18. The number of hydrogen-bond donors (Lipinski definition) is 2. The predicted octanol–water partition coefficient (Wildman–Crippen LogP) is 7.42. The average molecular weight is 445 g/mol. The van der Waals surface area contributed by atoms with Gasteiger partial charge in [-0.2, -0.15) is 0 Å². The molecule has 0 saturated heterocycles. The molecular weight excluding hydrogens is 392 g/mol. The van der Waals surface area contributed by atoms with Crippen LogP contribution in [-0.2, 0) is 0 Å². The van der Waals surface area contributed by atoms with E-state index in [4.69, 9.17) is 0 Å². The van der Waals surface area contributed by atoms with E-state index in [0.29, 0.717) is 22.2 Å². The predicted molar refractivity (Wildman–Crippen MR) is 132 cm³/mol. The van der Waals surface area contributed by atoms with E-state index < -0.39 is 6.29 Å². The minimum Gasteiger partial charge on any atom is -0.368 e. The van der Waals surface area contributed by atoms with Crippen molar-refractivity contribution in [2.45, 2.75) is 125 Å². The summed E-state index contributed by atoms with van der Waals surface area (Å²) in [5.74, 6) is 4.71. The van der Waals surface area contributed by atoms with Gasteiger partial charge >= 0.3 is 0 Å². The van der Waals surface area contributed by atoms with Crippen LogP contribution in [0, 0.1) is 62.6 Å². The summed E-state index contributed by atoms with van der Waals surface area (Å²) in [5.41, 5.74) is 1.34. The van der Waals surface area contributed by atoms with Crippen LogP contribution in [0.3, 0.4) is 0 Å². The second-order valence-corrected chi connectivity index (χ2v) is 15.0. The van der Waals surface area contributed by atoms with Gasteiger partial charge in [0.2, 0.25) is 0 Å². The molecule has 0 amide bonds. The van der Waals surface area contributed by atoms with E-state index in [2.05, 4.69) is 48.5 Å². The van der Waals surface area contributed by atoms with Gasteiger partial charge in [0.15, 0.2) is 6.29 Å². The zero-order valence-corrected chi connectivity index (χ0v) is 22.2. The van der Waals surface area contributed by atoms with Crippen molar-refractivity contribution in [2.75, 3.05) is 0 Å². The number of fused-ring (bicyclic) bond motifs is 7. The largest absolute Gasteiger partial charge is 0.368 e. The first-order valence-electron chi connectivity index (χ1n) is 14.2. The normalized spacial score (nSPS) is 57.7. The summed E-state index contributed by atoms with van der Waals surface area (Å²) < 4.78 is 0. The molecule has 0 radical (unpaired) electrons. The Labute approximate surface area is 198 Å². The summed E-state index contributed by atoms with van der Waals surface area (Å²) in [7, 11) is 0. The molecule has 0 aromatic rings. The van der Waals surface area contributed by atoms with Crippen molar-refractivity contribution < 1.29 is 10.2 Å². The molecule has 5 rings (SSSR count). The lowest BCUT2D eigenvalue weighted by molar-refractivity contribution is -0.264. The fourth-order valence-corrected chi connectivity index (χ4v) is 11.9. The second kappa shape index (κ2) is 7.22. The molecule has 5 saturated carbocycles. The number of hydrogen-bond acceptors (Lipinski definition) is 2. The molecule has 0 aliphatic heterocycles. The number of rotatable bonds is 2. The molecule has 5 aliphatic carbocycles. The average Bonchev–Trinajstić information content (AvgIpc) is 3.06. The highest BCUT2D eigenvalue weighted by Crippen LogP contribution is 2.77. The van der Waals surface area contributed by atoms with Gasteiger partial charge in [-0.25, -0.2) is 0 Å². The molecule has 2 N–H and O–H groups in total. The van der Waals surface area contributed by atoms with Crippen LogP contribution in [0.25, 0.3) is 0 Å². The van der Waals surface area contributed by atoms with Crippen molar-refractivity contribution in [1.82, 2.24) is 0 Å². The Morgan fingerprint density at radius 1 is 0.688 bits per heavy atom. The first-order chi connectivity index (χ1) is 14.8. The van der Waals surface area contributed by atoms with Gasteiger partial charge in [-0.3, -0.25) is 0 Å². The summed E-state index contributed by atoms with van der Waals surface area (Å²) in [6.07, 6.45) is 13.3. The molecule has 32 heavy (non-hydrogen) atoms. The molecule has 5 unspecified atom stereocenters. The first kappa shape index (κ1) is 23.7. The Bertz CT molecular complexity index is 745. The van der Waals surface area contributed by atoms with Gasteiger partial charge in [-0.15, -0.1) is 0 Å². The van der Waals surface area contributed by atoms with Crippen LogP contribution >= 0.6 is 0 Å². The maximum atomic E-state index is 10.5. The molecule has 2 heteroatoms. The van der Waals surface area contributed by atoms with Crippen molar-refractivity contribution in [3.05, 3.63) is 0 Å². The summed E-state index contributed by atoms with van der Waals surface area (Å²) in [4.78, 5) is 0. The molecule has 10 atom stereocenters. The molecule has 2 nitrogen and oxygen atoms in total. The van der Waals surface area contributed by atoms with Crippen molar-refractivity contribution in [2.24, 2.45) is 62.6 Å². The maximum absolute atomic E-state index is 10.5. The van der Waals surface area contributed by atoms with E-state index >= 15 is 0 Å². The number of aliphatic hydroxyl groups excluding tert-OH is 1. The Hall–Kier alpha value is -0.0800. The standard InChI is InChI=1S/C30H52O2/c1-19(2)20-11-15-26(3)17-18-29(6)21(24(20)26)9-10-23-27(4)13-8-14-28(5,25(31)32)22(27)12-16-30(23,29)7/h19-25,31-32H,8-18H2,1-7H3/t20-,21?,22?,23?,24?,26-,27-,28?,29-,30-/m1/s1. The van der Waals surface area contributed by atoms with E-state index in [1.165, 1.54) is 57.8 Å². The lowest BCUT2D eigenvalue weighted by Crippen LogP contribution is -2.66. The zero-order valence-electron chi connectivity index (χ0n) is 22.2. The van der Waals surface area contributed by atoms with Crippen molar-refractivity contribution >= 4 is 0 Å². The number of aliphatic hydroxyl groups is 2. The molecule has 184 valence electrons. The Morgan fingerprint density at radius 3 is 2.06 bits per heavy atom. The second-order valence-electron chi connectivity index (χ2n) is 15.0. The Balaban J connectivity index is 1.53. The fraction of sp³-hybridized carbons (Fsp3) is 1.00. The molecular formula is C30H52O2. The van der Waals surface area contributed by atoms with Crippen LogP contribution in [0.5, 0.6) is 0 Å². The van der Waals surface area contributed by atoms with Crippen LogP contribution in [-0.4, -0.2) is 16.5 Å². The minimum absolute atomic E-state index is 0.256. The summed E-state index contributed by atoms with van der Waals surface area (Å²) in [5, 5.41) is 20.9. The van der Waals surface area contributed by atoms with Gasteiger partial charge in [-0.05, 0) is 121 Å². The van der Waals surface area contributed by atoms with Crippen LogP contribution in [0.15, 0.2) is 0 Å². The SMILES string of the molecule is CC(C)[C@H]1CC[C@]2(C)CC[C@]3(C)C(CCC4[C@]5(C)CCCC(C)(C(O)O)C5CC[C@]43C)C12. The fourth-order valence-electron chi connectivity index (χ4n) is 11.9. The smallest absolute Gasteiger partial charge is 0.157 e. The van der Waals surface area contributed by atoms with Gasteiger partial charge < -0.3 is 10.2 Å². The van der Waals surface area contributed by atoms with E-state index in [1.54, 1.807) is 0 Å². The van der Waals surface area contributed by atoms with E-state index in [1.807, 2.05) is 0 Å². The van der Waals surface area contributed by atoms with Crippen molar-refractivity contribution in [3.8, 4) is 0 Å². The molecule has 0 bridgehead atoms. The van der Waals surface area contributed by atoms with Crippen molar-refractivity contribution in [3.63, 3.8) is 0 Å². The van der Waals surface area contributed by atoms with Gasteiger partial charge in [0, 0.05) is 5.41 Å². The topological polar surface area (TPSA) is 40.5 Å². The Morgan fingerprint density at radius 2 is 1.41 bits per heavy atom. The third-order valence-electron chi connectivity index (χ3n) is 13.8.